The highest BCUT2D eigenvalue weighted by Crippen LogP contribution is 2.35. The second-order valence-corrected chi connectivity index (χ2v) is 8.56. The minimum Gasteiger partial charge on any atom is -0.368 e. The first kappa shape index (κ1) is 20.0. The van der Waals surface area contributed by atoms with Gasteiger partial charge in [-0.25, -0.2) is 4.79 Å². The average molecular weight is 419 g/mol. The fraction of sp³-hybridized carbons (Fsp3) is 0.571. The van der Waals surface area contributed by atoms with Crippen LogP contribution >= 0.6 is 11.6 Å². The number of carbonyl (C=O) groups excluding carboxylic acids is 3. The topological polar surface area (TPSA) is 73.0 Å². The highest BCUT2D eigenvalue weighted by Gasteiger charge is 2.52. The number of halogens is 1. The third-order valence-corrected chi connectivity index (χ3v) is 6.52. The number of piperazine rings is 1. The van der Waals surface area contributed by atoms with Gasteiger partial charge in [-0.15, -0.1) is 0 Å². The first-order chi connectivity index (χ1) is 14.0. The van der Waals surface area contributed by atoms with Crippen molar-refractivity contribution >= 4 is 35.1 Å². The van der Waals surface area contributed by atoms with Crippen LogP contribution in [-0.2, 0) is 9.59 Å². The van der Waals surface area contributed by atoms with Crippen LogP contribution in [0.5, 0.6) is 0 Å². The lowest BCUT2D eigenvalue weighted by Crippen LogP contribution is -2.49. The minimum atomic E-state index is -0.669. The van der Waals surface area contributed by atoms with Crippen molar-refractivity contribution in [2.24, 2.45) is 0 Å². The molecule has 0 aromatic heterocycles. The number of urea groups is 1. The predicted octanol–water partition coefficient (Wildman–Crippen LogP) is 2.63. The predicted molar refractivity (Wildman–Crippen MR) is 111 cm³/mol. The summed E-state index contributed by atoms with van der Waals surface area (Å²) in [7, 11) is 0. The molecule has 0 unspecified atom stereocenters. The molecule has 1 aromatic carbocycles. The number of amides is 4. The van der Waals surface area contributed by atoms with Crippen molar-refractivity contribution in [3.8, 4) is 0 Å². The number of carbonyl (C=O) groups is 3. The van der Waals surface area contributed by atoms with E-state index >= 15 is 0 Å². The van der Waals surface area contributed by atoms with Crippen molar-refractivity contribution in [1.29, 1.82) is 0 Å². The largest absolute Gasteiger partial charge is 0.368 e. The van der Waals surface area contributed by atoms with Crippen LogP contribution in [-0.4, -0.2) is 65.9 Å². The molecule has 3 aliphatic rings. The first-order valence-corrected chi connectivity index (χ1v) is 10.8. The van der Waals surface area contributed by atoms with E-state index in [-0.39, 0.29) is 17.8 Å². The van der Waals surface area contributed by atoms with E-state index in [1.807, 2.05) is 29.2 Å². The summed E-state index contributed by atoms with van der Waals surface area (Å²) < 4.78 is 0. The number of hydrogen-bond acceptors (Lipinski definition) is 4. The third-order valence-electron chi connectivity index (χ3n) is 6.28. The second-order valence-electron chi connectivity index (χ2n) is 8.13. The summed E-state index contributed by atoms with van der Waals surface area (Å²) >= 11 is 6.07. The molecule has 2 saturated heterocycles. The molecule has 8 heteroatoms. The summed E-state index contributed by atoms with van der Waals surface area (Å²) in [6, 6.07) is 7.44. The molecule has 4 amide bonds. The maximum atomic E-state index is 12.6. The van der Waals surface area contributed by atoms with Gasteiger partial charge in [0.25, 0.3) is 5.91 Å². The number of anilines is 1. The monoisotopic (exact) mass is 418 g/mol. The summed E-state index contributed by atoms with van der Waals surface area (Å²) in [4.78, 5) is 42.8. The molecule has 7 nitrogen and oxygen atoms in total. The summed E-state index contributed by atoms with van der Waals surface area (Å²) in [5.74, 6) is -0.0269. The van der Waals surface area contributed by atoms with Crippen molar-refractivity contribution < 1.29 is 14.4 Å². The van der Waals surface area contributed by atoms with Crippen LogP contribution in [0.15, 0.2) is 24.3 Å². The van der Waals surface area contributed by atoms with Gasteiger partial charge in [-0.05, 0) is 37.5 Å². The van der Waals surface area contributed by atoms with Crippen LogP contribution in [0.25, 0.3) is 0 Å². The number of benzene rings is 1. The van der Waals surface area contributed by atoms with Crippen LogP contribution in [0, 0.1) is 0 Å². The van der Waals surface area contributed by atoms with Gasteiger partial charge < -0.3 is 15.1 Å². The zero-order chi connectivity index (χ0) is 20.4. The Labute approximate surface area is 176 Å². The molecular weight excluding hydrogens is 392 g/mol. The highest BCUT2D eigenvalue weighted by molar-refractivity contribution is 6.30. The lowest BCUT2D eigenvalue weighted by atomic mass is 9.98. The number of rotatable bonds is 5. The van der Waals surface area contributed by atoms with Gasteiger partial charge in [-0.3, -0.25) is 14.5 Å². The SMILES string of the molecule is O=C(CCCN1C(=O)NC2(CCCC2)C1=O)N1CCN(c2cccc(Cl)c2)CC1. The van der Waals surface area contributed by atoms with Crippen molar-refractivity contribution in [3.63, 3.8) is 0 Å². The molecular formula is C21H27ClN4O3. The van der Waals surface area contributed by atoms with E-state index in [2.05, 4.69) is 10.2 Å². The summed E-state index contributed by atoms with van der Waals surface area (Å²) in [6.07, 6.45) is 4.25. The van der Waals surface area contributed by atoms with E-state index in [0.717, 1.165) is 44.5 Å². The van der Waals surface area contributed by atoms with Crippen LogP contribution in [0.2, 0.25) is 5.02 Å². The molecule has 2 aliphatic heterocycles. The maximum Gasteiger partial charge on any atom is 0.325 e. The number of nitrogens with zero attached hydrogens (tertiary/aromatic N) is 3. The molecule has 1 spiro atoms. The van der Waals surface area contributed by atoms with E-state index in [4.69, 9.17) is 11.6 Å². The Balaban J connectivity index is 1.23. The van der Waals surface area contributed by atoms with E-state index in [9.17, 15) is 14.4 Å². The molecule has 29 heavy (non-hydrogen) atoms. The van der Waals surface area contributed by atoms with Crippen LogP contribution < -0.4 is 10.2 Å². The Morgan fingerprint density at radius 2 is 1.83 bits per heavy atom. The Morgan fingerprint density at radius 3 is 2.52 bits per heavy atom. The minimum absolute atomic E-state index is 0.0818. The standard InChI is InChI=1S/C21H27ClN4O3/c22-16-5-3-6-17(15-16)24-11-13-25(14-12-24)18(27)7-4-10-26-19(28)21(23-20(26)29)8-1-2-9-21/h3,5-6,15H,1-2,4,7-14H2,(H,23,29). The number of imide groups is 1. The zero-order valence-electron chi connectivity index (χ0n) is 16.5. The van der Waals surface area contributed by atoms with Gasteiger partial charge in [0, 0.05) is 49.9 Å². The van der Waals surface area contributed by atoms with Gasteiger partial charge in [0.15, 0.2) is 0 Å². The molecule has 1 saturated carbocycles. The Kier molecular flexibility index (Phi) is 5.67. The molecule has 156 valence electrons. The number of hydrogen-bond donors (Lipinski definition) is 1. The molecule has 4 rings (SSSR count). The van der Waals surface area contributed by atoms with Gasteiger partial charge >= 0.3 is 6.03 Å². The summed E-state index contributed by atoms with van der Waals surface area (Å²) in [6.45, 7) is 3.17. The van der Waals surface area contributed by atoms with E-state index in [1.54, 1.807) is 0 Å². The molecule has 0 atom stereocenters. The third kappa shape index (κ3) is 4.06. The van der Waals surface area contributed by atoms with Crippen molar-refractivity contribution in [1.82, 2.24) is 15.1 Å². The number of nitrogens with one attached hydrogen (secondary N) is 1. The molecule has 3 fully saturated rings. The van der Waals surface area contributed by atoms with Gasteiger partial charge in [-0.2, -0.15) is 0 Å². The second kappa shape index (κ2) is 8.22. The normalized spacial score (nSPS) is 21.2. The smallest absolute Gasteiger partial charge is 0.325 e. The van der Waals surface area contributed by atoms with Gasteiger partial charge in [0.1, 0.15) is 5.54 Å². The molecule has 1 aromatic rings. The van der Waals surface area contributed by atoms with Crippen LogP contribution in [0.1, 0.15) is 38.5 Å². The maximum absolute atomic E-state index is 12.6. The average Bonchev–Trinajstić information content (AvgIpc) is 3.28. The van der Waals surface area contributed by atoms with E-state index < -0.39 is 5.54 Å². The van der Waals surface area contributed by atoms with Gasteiger partial charge in [-0.1, -0.05) is 30.5 Å². The van der Waals surface area contributed by atoms with E-state index in [0.29, 0.717) is 37.5 Å². The Hall–Kier alpha value is -2.28. The quantitative estimate of drug-likeness (QED) is 0.746. The fourth-order valence-corrected chi connectivity index (χ4v) is 4.81. The fourth-order valence-electron chi connectivity index (χ4n) is 4.63. The molecule has 1 N–H and O–H groups in total. The molecule has 2 heterocycles. The lowest BCUT2D eigenvalue weighted by Gasteiger charge is -2.36. The molecule has 0 radical (unpaired) electrons. The van der Waals surface area contributed by atoms with Crippen molar-refractivity contribution in [2.45, 2.75) is 44.1 Å². The van der Waals surface area contributed by atoms with Crippen molar-refractivity contribution in [3.05, 3.63) is 29.3 Å². The Bertz CT molecular complexity index is 801. The molecule has 0 bridgehead atoms. The first-order valence-electron chi connectivity index (χ1n) is 10.4. The van der Waals surface area contributed by atoms with Gasteiger partial charge in [0.05, 0.1) is 0 Å². The summed E-state index contributed by atoms with van der Waals surface area (Å²) in [5, 5.41) is 3.59. The van der Waals surface area contributed by atoms with Gasteiger partial charge in [0.2, 0.25) is 5.91 Å². The lowest BCUT2D eigenvalue weighted by molar-refractivity contribution is -0.133. The Morgan fingerprint density at radius 1 is 1.10 bits per heavy atom. The summed E-state index contributed by atoms with van der Waals surface area (Å²) in [5.41, 5.74) is 0.404. The highest BCUT2D eigenvalue weighted by atomic mass is 35.5. The molecule has 1 aliphatic carbocycles. The zero-order valence-corrected chi connectivity index (χ0v) is 17.3. The van der Waals surface area contributed by atoms with Crippen LogP contribution in [0.4, 0.5) is 10.5 Å². The van der Waals surface area contributed by atoms with E-state index in [1.165, 1.54) is 4.90 Å². The van der Waals surface area contributed by atoms with Crippen molar-refractivity contribution in [2.75, 3.05) is 37.6 Å². The van der Waals surface area contributed by atoms with Crippen LogP contribution in [0.3, 0.4) is 0 Å².